The molecule has 2 aromatic rings. The Morgan fingerprint density at radius 1 is 1.20 bits per heavy atom. The maximum absolute atomic E-state index is 2.32. The number of aromatic nitrogens is 1. The second-order valence-electron chi connectivity index (χ2n) is 5.26. The second-order valence-corrected chi connectivity index (χ2v) is 6.38. The van der Waals surface area contributed by atoms with E-state index < -0.39 is 0 Å². The number of hydrogen-bond acceptors (Lipinski definition) is 1. The number of fused-ring (bicyclic) bond motifs is 1. The zero-order chi connectivity index (χ0) is 11.1. The van der Waals surface area contributed by atoms with Crippen LogP contribution in [0.15, 0.2) is 24.3 Å². The van der Waals surface area contributed by atoms with Crippen LogP contribution in [-0.2, 0) is 13.5 Å². The Hall–Kier alpha value is -0.890. The predicted octanol–water partition coefficient (Wildman–Crippen LogP) is 3.31. The van der Waals surface area contributed by atoms with Gasteiger partial charge in [-0.25, -0.2) is 0 Å². The van der Waals surface area contributed by atoms with E-state index in [2.05, 4.69) is 56.7 Å². The molecule has 1 nitrogen and oxygen atoms in total. The molecule has 0 aliphatic carbocycles. The highest BCUT2D eigenvalue weighted by Crippen LogP contribution is 2.26. The van der Waals surface area contributed by atoms with Gasteiger partial charge in [-0.1, -0.05) is 44.2 Å². The quantitative estimate of drug-likeness (QED) is 0.649. The standard InChI is InChI=1S/C13H18NS/c1-13(2,3)9-12-14(4)10-7-5-6-8-11(10)15-12/h5-8H,9H2,1-4H3/q+1. The monoisotopic (exact) mass is 220 g/mol. The van der Waals surface area contributed by atoms with Crippen molar-refractivity contribution in [2.75, 3.05) is 0 Å². The highest BCUT2D eigenvalue weighted by atomic mass is 32.1. The van der Waals surface area contributed by atoms with Crippen molar-refractivity contribution in [1.29, 1.82) is 0 Å². The molecule has 80 valence electrons. The number of para-hydroxylation sites is 1. The molecule has 0 saturated heterocycles. The summed E-state index contributed by atoms with van der Waals surface area (Å²) in [5, 5.41) is 1.46. The van der Waals surface area contributed by atoms with Crippen LogP contribution in [-0.4, -0.2) is 0 Å². The molecular formula is C13H18NS+. The van der Waals surface area contributed by atoms with Crippen LogP contribution in [0, 0.1) is 5.41 Å². The van der Waals surface area contributed by atoms with Crippen LogP contribution in [0.25, 0.3) is 10.2 Å². The maximum Gasteiger partial charge on any atom is 0.238 e. The average molecular weight is 220 g/mol. The molecule has 0 aliphatic heterocycles. The zero-order valence-corrected chi connectivity index (χ0v) is 10.7. The SMILES string of the molecule is C[n+]1c(CC(C)(C)C)sc2ccccc21. The molecule has 2 heteroatoms. The van der Waals surface area contributed by atoms with Crippen molar-refractivity contribution >= 4 is 21.6 Å². The zero-order valence-electron chi connectivity index (χ0n) is 9.87. The minimum absolute atomic E-state index is 0.360. The summed E-state index contributed by atoms with van der Waals surface area (Å²) in [5.74, 6) is 0. The lowest BCUT2D eigenvalue weighted by atomic mass is 9.93. The Balaban J connectivity index is 2.49. The van der Waals surface area contributed by atoms with Crippen LogP contribution in [0.5, 0.6) is 0 Å². The molecule has 0 bridgehead atoms. The van der Waals surface area contributed by atoms with Crippen LogP contribution < -0.4 is 4.57 Å². The van der Waals surface area contributed by atoms with Crippen LogP contribution in [0.1, 0.15) is 25.8 Å². The smallest absolute Gasteiger partial charge is 0.189 e. The molecular weight excluding hydrogens is 202 g/mol. The van der Waals surface area contributed by atoms with Crippen LogP contribution in [0.2, 0.25) is 0 Å². The van der Waals surface area contributed by atoms with Gasteiger partial charge in [-0.15, -0.1) is 0 Å². The lowest BCUT2D eigenvalue weighted by Crippen LogP contribution is -2.32. The van der Waals surface area contributed by atoms with E-state index in [0.29, 0.717) is 5.41 Å². The fourth-order valence-electron chi connectivity index (χ4n) is 1.76. The lowest BCUT2D eigenvalue weighted by Gasteiger charge is -2.13. The van der Waals surface area contributed by atoms with Gasteiger partial charge in [0, 0.05) is 12.5 Å². The van der Waals surface area contributed by atoms with E-state index in [9.17, 15) is 0 Å². The Morgan fingerprint density at radius 2 is 1.87 bits per heavy atom. The summed E-state index contributed by atoms with van der Waals surface area (Å²) in [4.78, 5) is 0. The summed E-state index contributed by atoms with van der Waals surface area (Å²) in [5.41, 5.74) is 1.71. The van der Waals surface area contributed by atoms with Gasteiger partial charge in [0.2, 0.25) is 10.5 Å². The van der Waals surface area contributed by atoms with Gasteiger partial charge >= 0.3 is 0 Å². The van der Waals surface area contributed by atoms with Crippen molar-refractivity contribution in [3.63, 3.8) is 0 Å². The third kappa shape index (κ3) is 2.20. The van der Waals surface area contributed by atoms with Crippen LogP contribution in [0.4, 0.5) is 0 Å². The van der Waals surface area contributed by atoms with Gasteiger partial charge in [-0.2, -0.15) is 4.57 Å². The predicted molar refractivity (Wildman–Crippen MR) is 66.2 cm³/mol. The molecule has 0 amide bonds. The summed E-state index contributed by atoms with van der Waals surface area (Å²) in [6.45, 7) is 6.87. The van der Waals surface area contributed by atoms with Crippen LogP contribution in [0.3, 0.4) is 0 Å². The van der Waals surface area contributed by atoms with E-state index in [1.165, 1.54) is 15.2 Å². The lowest BCUT2D eigenvalue weighted by molar-refractivity contribution is -0.648. The first-order valence-electron chi connectivity index (χ1n) is 5.34. The van der Waals surface area contributed by atoms with Gasteiger partial charge in [0.25, 0.3) is 0 Å². The van der Waals surface area contributed by atoms with Gasteiger partial charge in [-0.05, 0) is 11.5 Å². The number of nitrogens with zero attached hydrogens (tertiary/aromatic N) is 1. The summed E-state index contributed by atoms with van der Waals surface area (Å²) in [6.07, 6.45) is 1.14. The number of aryl methyl sites for hydroxylation is 1. The molecule has 0 atom stereocenters. The van der Waals surface area contributed by atoms with E-state index in [-0.39, 0.29) is 0 Å². The van der Waals surface area contributed by atoms with Crippen molar-refractivity contribution in [3.05, 3.63) is 29.3 Å². The number of hydrogen-bond donors (Lipinski definition) is 0. The molecule has 1 aromatic carbocycles. The number of thiazole rings is 1. The van der Waals surface area contributed by atoms with Gasteiger partial charge < -0.3 is 0 Å². The van der Waals surface area contributed by atoms with E-state index in [1.807, 2.05) is 11.3 Å². The molecule has 1 aromatic heterocycles. The van der Waals surface area contributed by atoms with E-state index in [0.717, 1.165) is 6.42 Å². The van der Waals surface area contributed by atoms with Crippen molar-refractivity contribution in [2.45, 2.75) is 27.2 Å². The third-order valence-electron chi connectivity index (χ3n) is 2.51. The van der Waals surface area contributed by atoms with E-state index in [1.54, 1.807) is 0 Å². The average Bonchev–Trinajstić information content (AvgIpc) is 2.42. The largest absolute Gasteiger partial charge is 0.238 e. The van der Waals surface area contributed by atoms with Crippen molar-refractivity contribution in [3.8, 4) is 0 Å². The number of benzene rings is 1. The van der Waals surface area contributed by atoms with Gasteiger partial charge in [-0.3, -0.25) is 0 Å². The van der Waals surface area contributed by atoms with Crippen LogP contribution >= 0.6 is 11.3 Å². The summed E-state index contributed by atoms with van der Waals surface area (Å²) < 4.78 is 3.71. The van der Waals surface area contributed by atoms with Gasteiger partial charge in [0.1, 0.15) is 11.7 Å². The molecule has 2 rings (SSSR count). The molecule has 0 fully saturated rings. The minimum atomic E-state index is 0.360. The topological polar surface area (TPSA) is 3.88 Å². The molecule has 15 heavy (non-hydrogen) atoms. The fourth-order valence-corrected chi connectivity index (χ4v) is 3.21. The second kappa shape index (κ2) is 3.60. The summed E-state index contributed by atoms with van der Waals surface area (Å²) in [7, 11) is 2.17. The highest BCUT2D eigenvalue weighted by molar-refractivity contribution is 7.18. The molecule has 0 radical (unpaired) electrons. The Morgan fingerprint density at radius 3 is 2.47 bits per heavy atom. The molecule has 0 N–H and O–H groups in total. The normalized spacial score (nSPS) is 12.3. The molecule has 0 saturated carbocycles. The molecule has 0 unspecified atom stereocenters. The Kier molecular flexibility index (Phi) is 2.55. The Labute approximate surface area is 95.4 Å². The Bertz CT molecular complexity index is 477. The van der Waals surface area contributed by atoms with Gasteiger partial charge in [0.15, 0.2) is 0 Å². The van der Waals surface area contributed by atoms with E-state index >= 15 is 0 Å². The van der Waals surface area contributed by atoms with Gasteiger partial charge in [0.05, 0.1) is 0 Å². The minimum Gasteiger partial charge on any atom is -0.189 e. The first kappa shape index (κ1) is 10.6. The summed E-state index contributed by atoms with van der Waals surface area (Å²) in [6, 6.07) is 8.61. The summed E-state index contributed by atoms with van der Waals surface area (Å²) >= 11 is 1.91. The molecule has 1 heterocycles. The van der Waals surface area contributed by atoms with Crippen molar-refractivity contribution in [2.24, 2.45) is 12.5 Å². The molecule has 0 spiro atoms. The van der Waals surface area contributed by atoms with E-state index in [4.69, 9.17) is 0 Å². The highest BCUT2D eigenvalue weighted by Gasteiger charge is 2.22. The molecule has 0 aliphatic rings. The number of rotatable bonds is 1. The maximum atomic E-state index is 2.32. The third-order valence-corrected chi connectivity index (χ3v) is 3.73. The fraction of sp³-hybridized carbons (Fsp3) is 0.462. The van der Waals surface area contributed by atoms with Crippen molar-refractivity contribution in [1.82, 2.24) is 0 Å². The first-order chi connectivity index (χ1) is 6.97. The van der Waals surface area contributed by atoms with Crippen molar-refractivity contribution < 1.29 is 4.57 Å². The first-order valence-corrected chi connectivity index (χ1v) is 6.15.